The van der Waals surface area contributed by atoms with Gasteiger partial charge < -0.3 is 15.4 Å². The van der Waals surface area contributed by atoms with E-state index in [9.17, 15) is 9.59 Å². The maximum Gasteiger partial charge on any atom is 0.325 e. The fraction of sp³-hybridized carbons (Fsp3) is 0.467. The molecule has 1 atom stereocenters. The average molecular weight is 291 g/mol. The molecule has 1 aromatic rings. The van der Waals surface area contributed by atoms with Gasteiger partial charge >= 0.3 is 5.97 Å². The highest BCUT2D eigenvalue weighted by Crippen LogP contribution is 2.07. The molecule has 0 aromatic heterocycles. The molecule has 6 heteroatoms. The molecular weight excluding hydrogens is 270 g/mol. The first kappa shape index (κ1) is 15.5. The number of rotatable bonds is 5. The van der Waals surface area contributed by atoms with E-state index in [0.717, 1.165) is 19.6 Å². The quantitative estimate of drug-likeness (QED) is 0.732. The summed E-state index contributed by atoms with van der Waals surface area (Å²) in [5.41, 5.74) is 1.23. The molecule has 0 aliphatic carbocycles. The van der Waals surface area contributed by atoms with E-state index in [2.05, 4.69) is 32.4 Å². The molecule has 0 spiro atoms. The van der Waals surface area contributed by atoms with Crippen molar-refractivity contribution in [1.82, 2.24) is 15.5 Å². The Balaban J connectivity index is 1.82. The highest BCUT2D eigenvalue weighted by atomic mass is 16.5. The lowest BCUT2D eigenvalue weighted by Crippen LogP contribution is -2.57. The van der Waals surface area contributed by atoms with E-state index in [-0.39, 0.29) is 18.5 Å². The van der Waals surface area contributed by atoms with Crippen molar-refractivity contribution in [2.24, 2.45) is 0 Å². The van der Waals surface area contributed by atoms with E-state index in [1.54, 1.807) is 0 Å². The van der Waals surface area contributed by atoms with Crippen molar-refractivity contribution in [3.05, 3.63) is 35.9 Å². The van der Waals surface area contributed by atoms with E-state index in [4.69, 9.17) is 0 Å². The molecular formula is C15H21N3O3. The lowest BCUT2D eigenvalue weighted by atomic mass is 10.1. The lowest BCUT2D eigenvalue weighted by Gasteiger charge is -2.32. The van der Waals surface area contributed by atoms with Crippen LogP contribution in [0.3, 0.4) is 0 Å². The molecule has 1 heterocycles. The van der Waals surface area contributed by atoms with Gasteiger partial charge in [-0.2, -0.15) is 0 Å². The molecule has 21 heavy (non-hydrogen) atoms. The van der Waals surface area contributed by atoms with Gasteiger partial charge in [-0.15, -0.1) is 0 Å². The number of amides is 1. The maximum absolute atomic E-state index is 12.0. The molecule has 1 fully saturated rings. The van der Waals surface area contributed by atoms with Crippen LogP contribution in [-0.2, 0) is 20.9 Å². The van der Waals surface area contributed by atoms with Gasteiger partial charge in [-0.25, -0.2) is 0 Å². The number of nitrogens with zero attached hydrogens (tertiary/aromatic N) is 1. The summed E-state index contributed by atoms with van der Waals surface area (Å²) in [6, 6.07) is 9.87. The van der Waals surface area contributed by atoms with Crippen molar-refractivity contribution >= 4 is 11.9 Å². The standard InChI is InChI=1S/C15H21N3O3/c1-21-14(19)9-17-15(20)13-11-18(8-7-16-13)10-12-5-3-2-4-6-12/h2-6,13,16H,7-11H2,1H3,(H,17,20). The summed E-state index contributed by atoms with van der Waals surface area (Å²) < 4.78 is 4.50. The molecule has 1 saturated heterocycles. The number of carbonyl (C=O) groups is 2. The lowest BCUT2D eigenvalue weighted by molar-refractivity contribution is -0.141. The number of ether oxygens (including phenoxy) is 1. The van der Waals surface area contributed by atoms with Crippen LogP contribution in [0.15, 0.2) is 30.3 Å². The first-order chi connectivity index (χ1) is 10.2. The van der Waals surface area contributed by atoms with Gasteiger partial charge in [0.15, 0.2) is 0 Å². The molecule has 1 aliphatic rings. The largest absolute Gasteiger partial charge is 0.468 e. The van der Waals surface area contributed by atoms with Crippen molar-refractivity contribution in [3.63, 3.8) is 0 Å². The van der Waals surface area contributed by atoms with Crippen molar-refractivity contribution in [3.8, 4) is 0 Å². The topological polar surface area (TPSA) is 70.7 Å². The second-order valence-corrected chi connectivity index (χ2v) is 5.02. The predicted octanol–water partition coefficient (Wildman–Crippen LogP) is -0.250. The second kappa shape index (κ2) is 7.75. The maximum atomic E-state index is 12.0. The molecule has 2 N–H and O–H groups in total. The van der Waals surface area contributed by atoms with E-state index >= 15 is 0 Å². The molecule has 114 valence electrons. The minimum absolute atomic E-state index is 0.0911. The van der Waals surface area contributed by atoms with Crippen molar-refractivity contribution in [1.29, 1.82) is 0 Å². The Hall–Kier alpha value is -1.92. The molecule has 0 saturated carbocycles. The molecule has 1 unspecified atom stereocenters. The van der Waals surface area contributed by atoms with Gasteiger partial charge in [-0.05, 0) is 5.56 Å². The summed E-state index contributed by atoms with van der Waals surface area (Å²) in [7, 11) is 1.30. The third kappa shape index (κ3) is 4.84. The third-order valence-corrected chi connectivity index (χ3v) is 3.46. The molecule has 1 aromatic carbocycles. The normalized spacial score (nSPS) is 19.0. The van der Waals surface area contributed by atoms with Gasteiger partial charge in [0, 0.05) is 26.2 Å². The Morgan fingerprint density at radius 3 is 2.86 bits per heavy atom. The van der Waals surface area contributed by atoms with Gasteiger partial charge in [0.25, 0.3) is 0 Å². The molecule has 2 rings (SSSR count). The Morgan fingerprint density at radius 1 is 1.38 bits per heavy atom. The van der Waals surface area contributed by atoms with Gasteiger partial charge in [-0.1, -0.05) is 30.3 Å². The number of benzene rings is 1. The fourth-order valence-electron chi connectivity index (χ4n) is 2.33. The van der Waals surface area contributed by atoms with Crippen LogP contribution < -0.4 is 10.6 Å². The van der Waals surface area contributed by atoms with E-state index in [0.29, 0.717) is 6.54 Å². The van der Waals surface area contributed by atoms with Crippen LogP contribution in [0.2, 0.25) is 0 Å². The average Bonchev–Trinajstić information content (AvgIpc) is 2.53. The Labute approximate surface area is 124 Å². The van der Waals surface area contributed by atoms with Gasteiger partial charge in [-0.3, -0.25) is 14.5 Å². The Kier molecular flexibility index (Phi) is 5.71. The zero-order valence-corrected chi connectivity index (χ0v) is 12.2. The van der Waals surface area contributed by atoms with Crippen molar-refractivity contribution in [2.45, 2.75) is 12.6 Å². The van der Waals surface area contributed by atoms with Crippen LogP contribution in [0.5, 0.6) is 0 Å². The highest BCUT2D eigenvalue weighted by Gasteiger charge is 2.25. The number of carbonyl (C=O) groups excluding carboxylic acids is 2. The molecule has 1 aliphatic heterocycles. The van der Waals surface area contributed by atoms with Crippen molar-refractivity contribution < 1.29 is 14.3 Å². The van der Waals surface area contributed by atoms with E-state index in [1.165, 1.54) is 12.7 Å². The van der Waals surface area contributed by atoms with Gasteiger partial charge in [0.05, 0.1) is 13.2 Å². The summed E-state index contributed by atoms with van der Waals surface area (Å²) in [6.45, 7) is 3.01. The molecule has 0 bridgehead atoms. The molecule has 1 amide bonds. The van der Waals surface area contributed by atoms with Crippen LogP contribution >= 0.6 is 0 Å². The number of hydrogen-bond acceptors (Lipinski definition) is 5. The predicted molar refractivity (Wildman–Crippen MR) is 78.5 cm³/mol. The summed E-state index contributed by atoms with van der Waals surface area (Å²) in [5, 5.41) is 5.76. The first-order valence-corrected chi connectivity index (χ1v) is 7.03. The van der Waals surface area contributed by atoms with E-state index in [1.807, 2.05) is 18.2 Å². The smallest absolute Gasteiger partial charge is 0.325 e. The molecule has 6 nitrogen and oxygen atoms in total. The number of hydrogen-bond donors (Lipinski definition) is 2. The first-order valence-electron chi connectivity index (χ1n) is 7.03. The summed E-state index contributed by atoms with van der Waals surface area (Å²) in [6.07, 6.45) is 0. The van der Waals surface area contributed by atoms with E-state index < -0.39 is 5.97 Å². The number of nitrogens with one attached hydrogen (secondary N) is 2. The Bertz CT molecular complexity index is 478. The zero-order valence-electron chi connectivity index (χ0n) is 12.2. The summed E-state index contributed by atoms with van der Waals surface area (Å²) in [5.74, 6) is -0.613. The van der Waals surface area contributed by atoms with Crippen LogP contribution in [0.25, 0.3) is 0 Å². The number of methoxy groups -OCH3 is 1. The van der Waals surface area contributed by atoms with Crippen molar-refractivity contribution in [2.75, 3.05) is 33.3 Å². The van der Waals surface area contributed by atoms with Crippen LogP contribution in [0.1, 0.15) is 5.56 Å². The van der Waals surface area contributed by atoms with Gasteiger partial charge in [0.1, 0.15) is 6.54 Å². The van der Waals surface area contributed by atoms with Gasteiger partial charge in [0.2, 0.25) is 5.91 Å². The number of esters is 1. The molecule has 0 radical (unpaired) electrons. The zero-order chi connectivity index (χ0) is 15.1. The monoisotopic (exact) mass is 291 g/mol. The van der Waals surface area contributed by atoms with Crippen LogP contribution in [-0.4, -0.2) is 56.1 Å². The Morgan fingerprint density at radius 2 is 2.14 bits per heavy atom. The summed E-state index contributed by atoms with van der Waals surface area (Å²) in [4.78, 5) is 25.3. The van der Waals surface area contributed by atoms with Crippen LogP contribution in [0.4, 0.5) is 0 Å². The fourth-order valence-corrected chi connectivity index (χ4v) is 2.33. The minimum Gasteiger partial charge on any atom is -0.468 e. The number of piperazine rings is 1. The minimum atomic E-state index is -0.444. The third-order valence-electron chi connectivity index (χ3n) is 3.46. The highest BCUT2D eigenvalue weighted by molar-refractivity contribution is 5.85. The second-order valence-electron chi connectivity index (χ2n) is 5.02. The SMILES string of the molecule is COC(=O)CNC(=O)C1CN(Cc2ccccc2)CCN1. The van der Waals surface area contributed by atoms with Crippen LogP contribution in [0, 0.1) is 0 Å². The summed E-state index contributed by atoms with van der Waals surface area (Å²) >= 11 is 0.